The van der Waals surface area contributed by atoms with Crippen LogP contribution < -0.4 is 0 Å². The molecule has 0 unspecified atom stereocenters. The van der Waals surface area contributed by atoms with E-state index < -0.39 is 0 Å². The Hall–Kier alpha value is -3.55. The van der Waals surface area contributed by atoms with E-state index in [0.29, 0.717) is 42.0 Å². The largest absolute Gasteiger partial charge is 0.451 e. The molecule has 0 saturated carbocycles. The van der Waals surface area contributed by atoms with Gasteiger partial charge in [-0.05, 0) is 37.6 Å². The predicted molar refractivity (Wildman–Crippen MR) is 99.5 cm³/mol. The summed E-state index contributed by atoms with van der Waals surface area (Å²) in [6, 6.07) is 9.39. The van der Waals surface area contributed by atoms with Crippen molar-refractivity contribution in [3.63, 3.8) is 0 Å². The molecule has 1 aromatic carbocycles. The summed E-state index contributed by atoms with van der Waals surface area (Å²) in [6.07, 6.45) is 4.01. The van der Waals surface area contributed by atoms with Gasteiger partial charge in [0, 0.05) is 30.9 Å². The summed E-state index contributed by atoms with van der Waals surface area (Å²) in [4.78, 5) is 27.3. The average molecular weight is 375 g/mol. The monoisotopic (exact) mass is 375 g/mol. The molecule has 0 bridgehead atoms. The maximum absolute atomic E-state index is 12.9. The first-order chi connectivity index (χ1) is 13.7. The maximum atomic E-state index is 12.9. The molecule has 8 heteroatoms. The number of likely N-dealkylation sites (tertiary alicyclic amines) is 1. The van der Waals surface area contributed by atoms with Crippen molar-refractivity contribution in [2.45, 2.75) is 19.3 Å². The van der Waals surface area contributed by atoms with Gasteiger partial charge in [-0.15, -0.1) is 0 Å². The van der Waals surface area contributed by atoms with Crippen LogP contribution in [0.5, 0.6) is 0 Å². The Morgan fingerprint density at radius 2 is 2.04 bits per heavy atom. The number of rotatable bonds is 3. The third kappa shape index (κ3) is 2.92. The van der Waals surface area contributed by atoms with E-state index in [4.69, 9.17) is 8.94 Å². The van der Waals surface area contributed by atoms with Crippen molar-refractivity contribution in [1.82, 2.24) is 25.0 Å². The highest BCUT2D eigenvalue weighted by molar-refractivity contribution is 5.96. The smallest absolute Gasteiger partial charge is 0.289 e. The van der Waals surface area contributed by atoms with Gasteiger partial charge in [0.2, 0.25) is 17.5 Å². The number of aryl methyl sites for hydroxylation is 1. The first kappa shape index (κ1) is 16.6. The molecule has 5 rings (SSSR count). The van der Waals surface area contributed by atoms with E-state index in [0.717, 1.165) is 17.4 Å². The molecule has 1 fully saturated rings. The van der Waals surface area contributed by atoms with Gasteiger partial charge in [-0.1, -0.05) is 16.8 Å². The van der Waals surface area contributed by atoms with Crippen molar-refractivity contribution < 1.29 is 13.7 Å². The Balaban J connectivity index is 1.32. The molecule has 1 amide bonds. The fraction of sp³-hybridized carbons (Fsp3) is 0.250. The van der Waals surface area contributed by atoms with E-state index >= 15 is 0 Å². The summed E-state index contributed by atoms with van der Waals surface area (Å²) in [7, 11) is 0. The van der Waals surface area contributed by atoms with Crippen LogP contribution >= 0.6 is 0 Å². The zero-order chi connectivity index (χ0) is 19.1. The van der Waals surface area contributed by atoms with Gasteiger partial charge in [0.1, 0.15) is 5.58 Å². The Bertz CT molecular complexity index is 1150. The van der Waals surface area contributed by atoms with Crippen LogP contribution in [0.4, 0.5) is 0 Å². The first-order valence-electron chi connectivity index (χ1n) is 9.08. The van der Waals surface area contributed by atoms with E-state index in [1.165, 1.54) is 0 Å². The summed E-state index contributed by atoms with van der Waals surface area (Å²) in [5.74, 6) is 1.49. The number of benzene rings is 1. The number of carbonyl (C=O) groups is 1. The van der Waals surface area contributed by atoms with Crippen LogP contribution in [0.3, 0.4) is 0 Å². The van der Waals surface area contributed by atoms with Crippen LogP contribution in [0, 0.1) is 6.92 Å². The molecule has 0 N–H and O–H groups in total. The topological polar surface area (TPSA) is 98.2 Å². The second-order valence-corrected chi connectivity index (χ2v) is 6.92. The van der Waals surface area contributed by atoms with E-state index in [2.05, 4.69) is 20.1 Å². The summed E-state index contributed by atoms with van der Waals surface area (Å²) in [5, 5.41) is 4.90. The minimum absolute atomic E-state index is 0.0134. The average Bonchev–Trinajstić information content (AvgIpc) is 3.46. The highest BCUT2D eigenvalue weighted by atomic mass is 16.5. The zero-order valence-electron chi connectivity index (χ0n) is 15.2. The van der Waals surface area contributed by atoms with Gasteiger partial charge in [0.25, 0.3) is 5.91 Å². The first-order valence-corrected chi connectivity index (χ1v) is 9.08. The molecular weight excluding hydrogens is 358 g/mol. The van der Waals surface area contributed by atoms with Crippen LogP contribution in [0.25, 0.3) is 22.6 Å². The van der Waals surface area contributed by atoms with Gasteiger partial charge >= 0.3 is 0 Å². The quantitative estimate of drug-likeness (QED) is 0.542. The number of hydrogen-bond donors (Lipinski definition) is 0. The van der Waals surface area contributed by atoms with Crippen LogP contribution in [0.1, 0.15) is 34.3 Å². The van der Waals surface area contributed by atoms with Crippen molar-refractivity contribution >= 4 is 16.9 Å². The predicted octanol–water partition coefficient (Wildman–Crippen LogP) is 3.21. The lowest BCUT2D eigenvalue weighted by atomic mass is 10.1. The second kappa shape index (κ2) is 6.56. The van der Waals surface area contributed by atoms with Gasteiger partial charge < -0.3 is 13.8 Å². The molecular formula is C20H17N5O3. The molecule has 1 aliphatic heterocycles. The normalized spacial score (nSPS) is 16.8. The number of fused-ring (bicyclic) bond motifs is 1. The minimum atomic E-state index is -0.123. The summed E-state index contributed by atoms with van der Waals surface area (Å²) < 4.78 is 11.1. The molecule has 140 valence electrons. The summed E-state index contributed by atoms with van der Waals surface area (Å²) in [5.41, 5.74) is 1.84. The molecule has 1 aliphatic rings. The van der Waals surface area contributed by atoms with Crippen molar-refractivity contribution in [3.8, 4) is 11.6 Å². The van der Waals surface area contributed by atoms with Crippen LogP contribution in [-0.4, -0.2) is 44.0 Å². The Morgan fingerprint density at radius 1 is 1.18 bits per heavy atom. The lowest BCUT2D eigenvalue weighted by Crippen LogP contribution is -2.28. The number of carbonyl (C=O) groups excluding carboxylic acids is 1. The van der Waals surface area contributed by atoms with E-state index in [-0.39, 0.29) is 11.8 Å². The van der Waals surface area contributed by atoms with E-state index in [1.54, 1.807) is 29.4 Å². The van der Waals surface area contributed by atoms with Gasteiger partial charge in [0.05, 0.1) is 5.92 Å². The molecule has 0 aliphatic carbocycles. The fourth-order valence-electron chi connectivity index (χ4n) is 3.48. The van der Waals surface area contributed by atoms with Gasteiger partial charge in [-0.2, -0.15) is 4.98 Å². The SMILES string of the molecule is Cc1ccc2oc(C(=O)N3CC[C@H](c4nc(-c5ncccn5)no4)C3)cc2c1. The number of hydrogen-bond acceptors (Lipinski definition) is 7. The fourth-order valence-corrected chi connectivity index (χ4v) is 3.48. The molecule has 4 aromatic rings. The molecule has 0 radical (unpaired) electrons. The van der Waals surface area contributed by atoms with Crippen molar-refractivity contribution in [2.24, 2.45) is 0 Å². The number of amides is 1. The third-order valence-corrected chi connectivity index (χ3v) is 4.91. The van der Waals surface area contributed by atoms with E-state index in [9.17, 15) is 4.79 Å². The number of furan rings is 1. The van der Waals surface area contributed by atoms with Gasteiger partial charge in [0.15, 0.2) is 5.76 Å². The van der Waals surface area contributed by atoms with Crippen molar-refractivity contribution in [1.29, 1.82) is 0 Å². The Kier molecular flexibility index (Phi) is 3.89. The van der Waals surface area contributed by atoms with Gasteiger partial charge in [-0.3, -0.25) is 4.79 Å². The molecule has 1 atom stereocenters. The number of nitrogens with zero attached hydrogens (tertiary/aromatic N) is 5. The van der Waals surface area contributed by atoms with Crippen molar-refractivity contribution in [3.05, 3.63) is 59.9 Å². The molecule has 28 heavy (non-hydrogen) atoms. The zero-order valence-corrected chi connectivity index (χ0v) is 15.2. The lowest BCUT2D eigenvalue weighted by Gasteiger charge is -2.13. The summed E-state index contributed by atoms with van der Waals surface area (Å²) >= 11 is 0. The number of aromatic nitrogens is 4. The highest BCUT2D eigenvalue weighted by Crippen LogP contribution is 2.29. The van der Waals surface area contributed by atoms with Crippen molar-refractivity contribution in [2.75, 3.05) is 13.1 Å². The molecule has 1 saturated heterocycles. The lowest BCUT2D eigenvalue weighted by molar-refractivity contribution is 0.0760. The molecule has 0 spiro atoms. The highest BCUT2D eigenvalue weighted by Gasteiger charge is 2.33. The van der Waals surface area contributed by atoms with Crippen LogP contribution in [-0.2, 0) is 0 Å². The molecule has 3 aromatic heterocycles. The minimum Gasteiger partial charge on any atom is -0.451 e. The standard InChI is InChI=1S/C20H17N5O3/c1-12-3-4-15-14(9-12)10-16(27-15)20(26)25-8-5-13(11-25)19-23-18(24-28-19)17-21-6-2-7-22-17/h2-4,6-7,9-10,13H,5,8,11H2,1H3/t13-/m0/s1. The molecule has 4 heterocycles. The van der Waals surface area contributed by atoms with Crippen LogP contribution in [0.15, 0.2) is 51.7 Å². The van der Waals surface area contributed by atoms with Gasteiger partial charge in [-0.25, -0.2) is 9.97 Å². The Morgan fingerprint density at radius 3 is 2.89 bits per heavy atom. The third-order valence-electron chi connectivity index (χ3n) is 4.91. The molecule has 8 nitrogen and oxygen atoms in total. The second-order valence-electron chi connectivity index (χ2n) is 6.92. The van der Waals surface area contributed by atoms with E-state index in [1.807, 2.05) is 25.1 Å². The Labute approximate surface area is 160 Å². The summed E-state index contributed by atoms with van der Waals surface area (Å²) in [6.45, 7) is 3.13. The maximum Gasteiger partial charge on any atom is 0.289 e. The van der Waals surface area contributed by atoms with Crippen LogP contribution in [0.2, 0.25) is 0 Å².